The summed E-state index contributed by atoms with van der Waals surface area (Å²) < 4.78 is 5.70. The van der Waals surface area contributed by atoms with Crippen LogP contribution in [0.5, 0.6) is 5.75 Å². The molecule has 0 aromatic heterocycles. The van der Waals surface area contributed by atoms with Crippen LogP contribution in [-0.2, 0) is 6.42 Å². The van der Waals surface area contributed by atoms with E-state index in [0.717, 1.165) is 17.7 Å². The molecule has 0 unspecified atom stereocenters. The van der Waals surface area contributed by atoms with E-state index in [2.05, 4.69) is 35.8 Å². The summed E-state index contributed by atoms with van der Waals surface area (Å²) in [4.78, 5) is 11.7. The van der Waals surface area contributed by atoms with E-state index in [1.807, 2.05) is 37.3 Å². The number of hydrogen-bond acceptors (Lipinski definition) is 2. The Morgan fingerprint density at radius 3 is 2.48 bits per heavy atom. The van der Waals surface area contributed by atoms with Crippen molar-refractivity contribution in [2.75, 3.05) is 19.7 Å². The Labute approximate surface area is 137 Å². The third-order valence-corrected chi connectivity index (χ3v) is 3.74. The first kappa shape index (κ1) is 16.9. The second-order valence-corrected chi connectivity index (χ2v) is 5.46. The predicted octanol–water partition coefficient (Wildman–Crippen LogP) is 3.22. The molecule has 2 aromatic carbocycles. The summed E-state index contributed by atoms with van der Waals surface area (Å²) >= 11 is 0. The highest BCUT2D eigenvalue weighted by Gasteiger charge is 2.02. The monoisotopic (exact) mass is 312 g/mol. The summed E-state index contributed by atoms with van der Waals surface area (Å²) in [6, 6.07) is 15.9. The van der Waals surface area contributed by atoms with Crippen LogP contribution in [0.15, 0.2) is 48.5 Å². The second-order valence-electron chi connectivity index (χ2n) is 5.46. The normalized spacial score (nSPS) is 10.2. The lowest BCUT2D eigenvalue weighted by molar-refractivity contribution is 0.236. The fourth-order valence-corrected chi connectivity index (χ4v) is 2.23. The molecule has 0 aliphatic carbocycles. The molecule has 0 atom stereocenters. The third-order valence-electron chi connectivity index (χ3n) is 3.74. The number of ether oxygens (including phenoxy) is 1. The van der Waals surface area contributed by atoms with Crippen LogP contribution in [-0.4, -0.2) is 25.7 Å². The molecule has 4 nitrogen and oxygen atoms in total. The van der Waals surface area contributed by atoms with Crippen LogP contribution < -0.4 is 15.4 Å². The fourth-order valence-electron chi connectivity index (χ4n) is 2.23. The van der Waals surface area contributed by atoms with E-state index in [4.69, 9.17) is 4.74 Å². The van der Waals surface area contributed by atoms with Crippen LogP contribution in [0, 0.1) is 13.8 Å². The zero-order chi connectivity index (χ0) is 16.5. The average molecular weight is 312 g/mol. The molecule has 2 aromatic rings. The van der Waals surface area contributed by atoms with Gasteiger partial charge in [-0.05, 0) is 43.0 Å². The molecule has 0 saturated heterocycles. The number of benzene rings is 2. The first-order valence-electron chi connectivity index (χ1n) is 7.91. The van der Waals surface area contributed by atoms with Gasteiger partial charge in [0.1, 0.15) is 12.4 Å². The minimum atomic E-state index is -0.162. The Kier molecular flexibility index (Phi) is 6.48. The van der Waals surface area contributed by atoms with Gasteiger partial charge in [-0.2, -0.15) is 0 Å². The van der Waals surface area contributed by atoms with E-state index in [1.54, 1.807) is 0 Å². The van der Waals surface area contributed by atoms with Crippen molar-refractivity contribution < 1.29 is 9.53 Å². The zero-order valence-corrected chi connectivity index (χ0v) is 13.8. The minimum absolute atomic E-state index is 0.162. The average Bonchev–Trinajstić information content (AvgIpc) is 2.56. The van der Waals surface area contributed by atoms with Crippen molar-refractivity contribution in [2.24, 2.45) is 0 Å². The minimum Gasteiger partial charge on any atom is -0.491 e. The fraction of sp³-hybridized carbons (Fsp3) is 0.316. The Hall–Kier alpha value is -2.49. The van der Waals surface area contributed by atoms with E-state index in [-0.39, 0.29) is 6.03 Å². The number of amides is 2. The maximum Gasteiger partial charge on any atom is 0.314 e. The summed E-state index contributed by atoms with van der Waals surface area (Å²) in [5, 5.41) is 5.64. The molecule has 23 heavy (non-hydrogen) atoms. The van der Waals surface area contributed by atoms with Crippen molar-refractivity contribution in [3.05, 3.63) is 65.2 Å². The van der Waals surface area contributed by atoms with Crippen molar-refractivity contribution in [3.8, 4) is 5.75 Å². The molecule has 2 rings (SSSR count). The molecule has 2 amide bonds. The van der Waals surface area contributed by atoms with Gasteiger partial charge < -0.3 is 15.4 Å². The summed E-state index contributed by atoms with van der Waals surface area (Å²) in [6.45, 7) is 5.64. The molecule has 4 heteroatoms. The topological polar surface area (TPSA) is 50.4 Å². The largest absolute Gasteiger partial charge is 0.491 e. The van der Waals surface area contributed by atoms with Crippen molar-refractivity contribution >= 4 is 6.03 Å². The van der Waals surface area contributed by atoms with Crippen LogP contribution in [0.25, 0.3) is 0 Å². The summed E-state index contributed by atoms with van der Waals surface area (Å²) in [5.74, 6) is 0.872. The molecule has 0 aliphatic rings. The van der Waals surface area contributed by atoms with Gasteiger partial charge in [0, 0.05) is 6.54 Å². The highest BCUT2D eigenvalue weighted by atomic mass is 16.5. The highest BCUT2D eigenvalue weighted by molar-refractivity contribution is 5.73. The second kappa shape index (κ2) is 8.83. The lowest BCUT2D eigenvalue weighted by Crippen LogP contribution is -2.38. The van der Waals surface area contributed by atoms with Gasteiger partial charge in [0.15, 0.2) is 0 Å². The lowest BCUT2D eigenvalue weighted by atomic mass is 10.1. The molecule has 0 saturated carbocycles. The van der Waals surface area contributed by atoms with Crippen LogP contribution in [0.2, 0.25) is 0 Å². The quantitative estimate of drug-likeness (QED) is 0.771. The lowest BCUT2D eigenvalue weighted by Gasteiger charge is -2.12. The number of rotatable bonds is 7. The maximum absolute atomic E-state index is 11.7. The van der Waals surface area contributed by atoms with E-state index in [1.165, 1.54) is 11.1 Å². The Balaban J connectivity index is 1.60. The third kappa shape index (κ3) is 5.66. The number of aryl methyl sites for hydroxylation is 1. The van der Waals surface area contributed by atoms with E-state index < -0.39 is 0 Å². The maximum atomic E-state index is 11.7. The molecule has 0 aliphatic heterocycles. The molecule has 0 spiro atoms. The molecular formula is C19H24N2O2. The van der Waals surface area contributed by atoms with Gasteiger partial charge in [0.25, 0.3) is 0 Å². The smallest absolute Gasteiger partial charge is 0.314 e. The van der Waals surface area contributed by atoms with E-state index in [0.29, 0.717) is 19.7 Å². The van der Waals surface area contributed by atoms with Gasteiger partial charge in [-0.3, -0.25) is 0 Å². The van der Waals surface area contributed by atoms with Gasteiger partial charge in [0.2, 0.25) is 0 Å². The van der Waals surface area contributed by atoms with E-state index >= 15 is 0 Å². The molecule has 0 fully saturated rings. The standard InChI is InChI=1S/C19H24N2O2/c1-15-7-6-10-18(16(15)2)23-14-13-21-19(22)20-12-11-17-8-4-3-5-9-17/h3-10H,11-14H2,1-2H3,(H2,20,21,22). The van der Waals surface area contributed by atoms with Crippen LogP contribution in [0.4, 0.5) is 4.79 Å². The Morgan fingerprint density at radius 2 is 1.70 bits per heavy atom. The van der Waals surface area contributed by atoms with Crippen LogP contribution in [0.3, 0.4) is 0 Å². The van der Waals surface area contributed by atoms with Crippen LogP contribution in [0.1, 0.15) is 16.7 Å². The number of hydrogen-bond donors (Lipinski definition) is 2. The zero-order valence-electron chi connectivity index (χ0n) is 13.8. The SMILES string of the molecule is Cc1cccc(OCCNC(=O)NCCc2ccccc2)c1C. The van der Waals surface area contributed by atoms with Crippen molar-refractivity contribution in [2.45, 2.75) is 20.3 Å². The molecular weight excluding hydrogens is 288 g/mol. The highest BCUT2D eigenvalue weighted by Crippen LogP contribution is 2.20. The first-order chi connectivity index (χ1) is 11.2. The van der Waals surface area contributed by atoms with Crippen LogP contribution >= 0.6 is 0 Å². The predicted molar refractivity (Wildman–Crippen MR) is 93.0 cm³/mol. The van der Waals surface area contributed by atoms with Crippen molar-refractivity contribution in [1.82, 2.24) is 10.6 Å². The molecule has 0 heterocycles. The Morgan fingerprint density at radius 1 is 0.957 bits per heavy atom. The van der Waals surface area contributed by atoms with Crippen molar-refractivity contribution in [3.63, 3.8) is 0 Å². The Bertz CT molecular complexity index is 627. The molecule has 122 valence electrons. The van der Waals surface area contributed by atoms with Gasteiger partial charge in [-0.25, -0.2) is 4.79 Å². The summed E-state index contributed by atoms with van der Waals surface area (Å²) in [7, 11) is 0. The number of nitrogens with one attached hydrogen (secondary N) is 2. The summed E-state index contributed by atoms with van der Waals surface area (Å²) in [6.07, 6.45) is 0.827. The van der Waals surface area contributed by atoms with Gasteiger partial charge in [0.05, 0.1) is 6.54 Å². The van der Waals surface area contributed by atoms with Gasteiger partial charge >= 0.3 is 6.03 Å². The van der Waals surface area contributed by atoms with Gasteiger partial charge in [-0.1, -0.05) is 42.5 Å². The van der Waals surface area contributed by atoms with E-state index in [9.17, 15) is 4.79 Å². The molecule has 2 N–H and O–H groups in total. The summed E-state index contributed by atoms with van der Waals surface area (Å²) in [5.41, 5.74) is 3.56. The molecule has 0 radical (unpaired) electrons. The van der Waals surface area contributed by atoms with Gasteiger partial charge in [-0.15, -0.1) is 0 Å². The number of carbonyl (C=O) groups excluding carboxylic acids is 1. The number of urea groups is 1. The van der Waals surface area contributed by atoms with Crippen molar-refractivity contribution in [1.29, 1.82) is 0 Å². The number of carbonyl (C=O) groups is 1. The molecule has 0 bridgehead atoms. The first-order valence-corrected chi connectivity index (χ1v) is 7.91.